The van der Waals surface area contributed by atoms with Gasteiger partial charge in [0.25, 0.3) is 0 Å². The summed E-state index contributed by atoms with van der Waals surface area (Å²) in [6.45, 7) is 4.32. The van der Waals surface area contributed by atoms with Gasteiger partial charge in [0.2, 0.25) is 0 Å². The molecule has 1 heterocycles. The average molecular weight is 212 g/mol. The highest BCUT2D eigenvalue weighted by Gasteiger charge is 2.58. The molecule has 1 aliphatic carbocycles. The van der Waals surface area contributed by atoms with Crippen molar-refractivity contribution in [2.75, 3.05) is 6.54 Å². The van der Waals surface area contributed by atoms with Gasteiger partial charge in [0, 0.05) is 13.1 Å². The Balaban J connectivity index is 1.72. The number of nitriles is 1. The number of fused-ring (bicyclic) bond motifs is 1. The molecule has 1 aromatic carbocycles. The fourth-order valence-electron chi connectivity index (χ4n) is 3.17. The van der Waals surface area contributed by atoms with E-state index in [-0.39, 0.29) is 6.04 Å². The van der Waals surface area contributed by atoms with Crippen LogP contribution < -0.4 is 0 Å². The zero-order valence-electron chi connectivity index (χ0n) is 9.50. The SMILES string of the molecule is CC1C2CN(Cc3ccccc3)C(C#N)C12. The second kappa shape index (κ2) is 3.61. The minimum atomic E-state index is 0.153. The van der Waals surface area contributed by atoms with Gasteiger partial charge in [-0.1, -0.05) is 37.3 Å². The summed E-state index contributed by atoms with van der Waals surface area (Å²) in [5.41, 5.74) is 1.32. The van der Waals surface area contributed by atoms with Crippen LogP contribution in [0.5, 0.6) is 0 Å². The number of rotatable bonds is 2. The summed E-state index contributed by atoms with van der Waals surface area (Å²) in [4.78, 5) is 2.34. The fraction of sp³-hybridized carbons (Fsp3) is 0.500. The Kier molecular flexibility index (Phi) is 2.22. The first kappa shape index (κ1) is 9.86. The number of piperidine rings is 1. The molecule has 2 aliphatic rings. The highest BCUT2D eigenvalue weighted by Crippen LogP contribution is 2.55. The smallest absolute Gasteiger partial charge is 0.101 e. The Hall–Kier alpha value is -1.33. The van der Waals surface area contributed by atoms with Crippen LogP contribution >= 0.6 is 0 Å². The molecule has 0 spiro atoms. The Morgan fingerprint density at radius 2 is 2.12 bits per heavy atom. The zero-order valence-corrected chi connectivity index (χ0v) is 9.50. The minimum absolute atomic E-state index is 0.153. The van der Waals surface area contributed by atoms with Gasteiger partial charge in [-0.05, 0) is 23.3 Å². The normalized spacial score (nSPS) is 36.8. The van der Waals surface area contributed by atoms with E-state index >= 15 is 0 Å². The molecule has 0 amide bonds. The maximum atomic E-state index is 9.24. The lowest BCUT2D eigenvalue weighted by Gasteiger charge is -2.23. The maximum Gasteiger partial charge on any atom is 0.101 e. The van der Waals surface area contributed by atoms with Crippen LogP contribution in [0.2, 0.25) is 0 Å². The van der Waals surface area contributed by atoms with Crippen LogP contribution in [0.25, 0.3) is 0 Å². The summed E-state index contributed by atoms with van der Waals surface area (Å²) in [5, 5.41) is 9.24. The first-order chi connectivity index (χ1) is 7.81. The van der Waals surface area contributed by atoms with Crippen molar-refractivity contribution in [2.24, 2.45) is 17.8 Å². The predicted octanol–water partition coefficient (Wildman–Crippen LogP) is 2.28. The molecule has 82 valence electrons. The number of hydrogen-bond donors (Lipinski definition) is 0. The van der Waals surface area contributed by atoms with Gasteiger partial charge >= 0.3 is 0 Å². The van der Waals surface area contributed by atoms with E-state index in [1.165, 1.54) is 5.56 Å². The van der Waals surface area contributed by atoms with Crippen molar-refractivity contribution in [1.29, 1.82) is 5.26 Å². The number of nitrogens with zero attached hydrogens (tertiary/aromatic N) is 2. The molecule has 4 atom stereocenters. The van der Waals surface area contributed by atoms with Crippen molar-refractivity contribution in [3.05, 3.63) is 35.9 Å². The predicted molar refractivity (Wildman–Crippen MR) is 62.4 cm³/mol. The standard InChI is InChI=1S/C14H16N2/c1-10-12-9-16(13(7-15)14(10)12)8-11-5-3-2-4-6-11/h2-6,10,12-14H,8-9H2,1H3. The van der Waals surface area contributed by atoms with Crippen molar-refractivity contribution in [3.8, 4) is 6.07 Å². The molecule has 4 unspecified atom stereocenters. The second-order valence-corrected chi connectivity index (χ2v) is 5.09. The molecule has 3 rings (SSSR count). The van der Waals surface area contributed by atoms with Crippen LogP contribution in [0.3, 0.4) is 0 Å². The van der Waals surface area contributed by atoms with Crippen LogP contribution in [0.1, 0.15) is 12.5 Å². The Morgan fingerprint density at radius 3 is 2.81 bits per heavy atom. The van der Waals surface area contributed by atoms with Crippen LogP contribution in [-0.4, -0.2) is 17.5 Å². The Bertz CT molecular complexity index is 420. The topological polar surface area (TPSA) is 27.0 Å². The number of likely N-dealkylation sites (tertiary alicyclic amines) is 1. The molecule has 0 radical (unpaired) electrons. The van der Waals surface area contributed by atoms with Gasteiger partial charge in [0.05, 0.1) is 6.07 Å². The monoisotopic (exact) mass is 212 g/mol. The Labute approximate surface area is 96.5 Å². The molecule has 1 saturated heterocycles. The number of hydrogen-bond acceptors (Lipinski definition) is 2. The summed E-state index contributed by atoms with van der Waals surface area (Å²) >= 11 is 0. The van der Waals surface area contributed by atoms with E-state index < -0.39 is 0 Å². The van der Waals surface area contributed by atoms with Gasteiger partial charge in [0.1, 0.15) is 6.04 Å². The van der Waals surface area contributed by atoms with Crippen LogP contribution in [-0.2, 0) is 6.54 Å². The summed E-state index contributed by atoms with van der Waals surface area (Å²) in [7, 11) is 0. The van der Waals surface area contributed by atoms with E-state index in [0.29, 0.717) is 5.92 Å². The third kappa shape index (κ3) is 1.44. The zero-order chi connectivity index (χ0) is 11.1. The average Bonchev–Trinajstić information content (AvgIpc) is 2.78. The van der Waals surface area contributed by atoms with E-state index in [1.807, 2.05) is 6.07 Å². The lowest BCUT2D eigenvalue weighted by atomic mass is 10.1. The summed E-state index contributed by atoms with van der Waals surface area (Å²) in [6, 6.07) is 13.1. The largest absolute Gasteiger partial charge is 0.283 e. The van der Waals surface area contributed by atoms with Gasteiger partial charge in [-0.25, -0.2) is 0 Å². The summed E-state index contributed by atoms with van der Waals surface area (Å²) in [5.74, 6) is 2.21. The van der Waals surface area contributed by atoms with Gasteiger partial charge in [-0.2, -0.15) is 5.26 Å². The van der Waals surface area contributed by atoms with Crippen molar-refractivity contribution in [3.63, 3.8) is 0 Å². The van der Waals surface area contributed by atoms with Crippen molar-refractivity contribution in [2.45, 2.75) is 19.5 Å². The molecule has 16 heavy (non-hydrogen) atoms. The molecular formula is C14H16N2. The van der Waals surface area contributed by atoms with Crippen molar-refractivity contribution < 1.29 is 0 Å². The highest BCUT2D eigenvalue weighted by molar-refractivity contribution is 5.20. The van der Waals surface area contributed by atoms with Crippen LogP contribution in [0, 0.1) is 29.1 Å². The Morgan fingerprint density at radius 1 is 1.38 bits per heavy atom. The molecular weight excluding hydrogens is 196 g/mol. The molecule has 0 N–H and O–H groups in total. The third-order valence-corrected chi connectivity index (χ3v) is 4.20. The van der Waals surface area contributed by atoms with E-state index in [1.54, 1.807) is 0 Å². The lowest BCUT2D eigenvalue weighted by molar-refractivity contribution is 0.237. The third-order valence-electron chi connectivity index (χ3n) is 4.20. The maximum absolute atomic E-state index is 9.24. The van der Waals surface area contributed by atoms with E-state index in [9.17, 15) is 5.26 Å². The van der Waals surface area contributed by atoms with E-state index in [4.69, 9.17) is 0 Å². The van der Waals surface area contributed by atoms with Crippen LogP contribution in [0.15, 0.2) is 30.3 Å². The van der Waals surface area contributed by atoms with E-state index in [0.717, 1.165) is 24.9 Å². The van der Waals surface area contributed by atoms with Crippen molar-refractivity contribution >= 4 is 0 Å². The molecule has 1 saturated carbocycles. The quantitative estimate of drug-likeness (QED) is 0.752. The molecule has 1 aliphatic heterocycles. The second-order valence-electron chi connectivity index (χ2n) is 5.09. The van der Waals surface area contributed by atoms with Gasteiger partial charge in [-0.15, -0.1) is 0 Å². The molecule has 0 bridgehead atoms. The molecule has 2 heteroatoms. The number of benzene rings is 1. The first-order valence-electron chi connectivity index (χ1n) is 5.99. The summed E-state index contributed by atoms with van der Waals surface area (Å²) < 4.78 is 0. The molecule has 1 aromatic rings. The molecule has 0 aromatic heterocycles. The molecule has 2 fully saturated rings. The van der Waals surface area contributed by atoms with Gasteiger partial charge < -0.3 is 0 Å². The highest BCUT2D eigenvalue weighted by atomic mass is 15.2. The van der Waals surface area contributed by atoms with Gasteiger partial charge in [-0.3, -0.25) is 4.90 Å². The van der Waals surface area contributed by atoms with Crippen molar-refractivity contribution in [1.82, 2.24) is 4.90 Å². The van der Waals surface area contributed by atoms with Gasteiger partial charge in [0.15, 0.2) is 0 Å². The lowest BCUT2D eigenvalue weighted by Crippen LogP contribution is -2.32. The molecule has 2 nitrogen and oxygen atoms in total. The minimum Gasteiger partial charge on any atom is -0.283 e. The first-order valence-corrected chi connectivity index (χ1v) is 5.99. The van der Waals surface area contributed by atoms with Crippen LogP contribution in [0.4, 0.5) is 0 Å². The summed E-state index contributed by atoms with van der Waals surface area (Å²) in [6.07, 6.45) is 0. The fourth-order valence-corrected chi connectivity index (χ4v) is 3.17. The van der Waals surface area contributed by atoms with E-state index in [2.05, 4.69) is 42.2 Å².